The maximum absolute atomic E-state index is 13.0. The molecular weight excluding hydrogens is 268 g/mol. The molecule has 20 heavy (non-hydrogen) atoms. The summed E-state index contributed by atoms with van der Waals surface area (Å²) < 4.78 is 25.8. The van der Waals surface area contributed by atoms with Gasteiger partial charge in [-0.15, -0.1) is 0 Å². The smallest absolute Gasteiger partial charge is 0.252 e. The molecule has 0 aromatic heterocycles. The van der Waals surface area contributed by atoms with E-state index in [2.05, 4.69) is 5.32 Å². The molecule has 1 aromatic carbocycles. The number of rotatable bonds is 5. The average molecular weight is 281 g/mol. The Hall–Kier alpha value is -2.49. The fourth-order valence-corrected chi connectivity index (χ4v) is 1.53. The first kappa shape index (κ1) is 15.6. The number of halogens is 2. The Morgan fingerprint density at radius 1 is 1.40 bits per heavy atom. The van der Waals surface area contributed by atoms with E-state index in [4.69, 9.17) is 11.0 Å². The van der Waals surface area contributed by atoms with Crippen LogP contribution in [0.1, 0.15) is 23.7 Å². The van der Waals surface area contributed by atoms with Gasteiger partial charge in [-0.05, 0) is 31.5 Å². The van der Waals surface area contributed by atoms with Crippen molar-refractivity contribution in [3.05, 3.63) is 35.4 Å². The topological polar surface area (TPSA) is 96.0 Å². The number of nitriles is 1. The van der Waals surface area contributed by atoms with Gasteiger partial charge in [-0.3, -0.25) is 9.59 Å². The molecule has 106 valence electrons. The van der Waals surface area contributed by atoms with Gasteiger partial charge < -0.3 is 11.1 Å². The van der Waals surface area contributed by atoms with Crippen molar-refractivity contribution < 1.29 is 18.4 Å². The summed E-state index contributed by atoms with van der Waals surface area (Å²) in [6, 6.07) is 3.47. The van der Waals surface area contributed by atoms with Crippen LogP contribution in [0.5, 0.6) is 0 Å². The summed E-state index contributed by atoms with van der Waals surface area (Å²) in [6.07, 6.45) is 0.0429. The molecule has 0 bridgehead atoms. The number of amides is 2. The van der Waals surface area contributed by atoms with Crippen LogP contribution in [-0.4, -0.2) is 17.9 Å². The second-order valence-corrected chi connectivity index (χ2v) is 4.32. The Morgan fingerprint density at radius 2 is 2.05 bits per heavy atom. The quantitative estimate of drug-likeness (QED) is 0.845. The number of benzene rings is 1. The van der Waals surface area contributed by atoms with Crippen LogP contribution in [-0.2, 0) is 4.79 Å². The lowest BCUT2D eigenvalue weighted by atomic mass is 10.0. The molecule has 7 heteroatoms. The van der Waals surface area contributed by atoms with Gasteiger partial charge in [0.05, 0.1) is 6.07 Å². The van der Waals surface area contributed by atoms with Crippen LogP contribution in [0, 0.1) is 28.9 Å². The van der Waals surface area contributed by atoms with Crippen LogP contribution in [0.4, 0.5) is 8.78 Å². The van der Waals surface area contributed by atoms with Crippen LogP contribution in [0.2, 0.25) is 0 Å². The molecule has 1 aromatic rings. The van der Waals surface area contributed by atoms with E-state index in [1.165, 1.54) is 0 Å². The van der Waals surface area contributed by atoms with E-state index >= 15 is 0 Å². The predicted molar refractivity (Wildman–Crippen MR) is 66.2 cm³/mol. The summed E-state index contributed by atoms with van der Waals surface area (Å²) in [5, 5.41) is 11.0. The van der Waals surface area contributed by atoms with Crippen molar-refractivity contribution in [2.75, 3.05) is 0 Å². The van der Waals surface area contributed by atoms with E-state index in [0.717, 1.165) is 18.2 Å². The third-order valence-electron chi connectivity index (χ3n) is 2.64. The van der Waals surface area contributed by atoms with Gasteiger partial charge >= 0.3 is 0 Å². The monoisotopic (exact) mass is 281 g/mol. The molecule has 0 fully saturated rings. The molecule has 5 nitrogen and oxygen atoms in total. The highest BCUT2D eigenvalue weighted by Gasteiger charge is 2.21. The molecule has 2 atom stereocenters. The molecule has 1 rings (SSSR count). The largest absolute Gasteiger partial charge is 0.368 e. The van der Waals surface area contributed by atoms with Gasteiger partial charge in [0.25, 0.3) is 5.91 Å². The number of primary amides is 1. The number of nitrogens with one attached hydrogen (secondary N) is 1. The summed E-state index contributed by atoms with van der Waals surface area (Å²) in [6.45, 7) is 1.57. The van der Waals surface area contributed by atoms with Crippen molar-refractivity contribution in [2.45, 2.75) is 19.4 Å². The zero-order valence-corrected chi connectivity index (χ0v) is 10.7. The zero-order chi connectivity index (χ0) is 15.3. The summed E-state index contributed by atoms with van der Waals surface area (Å²) in [5.41, 5.74) is 4.98. The average Bonchev–Trinajstić information content (AvgIpc) is 2.40. The summed E-state index contributed by atoms with van der Waals surface area (Å²) in [4.78, 5) is 23.0. The van der Waals surface area contributed by atoms with E-state index < -0.39 is 35.4 Å². The van der Waals surface area contributed by atoms with Crippen LogP contribution in [0.25, 0.3) is 0 Å². The standard InChI is InChI=1S/C13H13F2N3O2/c1-7(6-16)4-11(12(17)19)18-13(20)8-2-3-9(14)10(15)5-8/h2-3,5,7,11H,4H2,1H3,(H2,17,19)(H,18,20)/t7-,11-/m0/s1. The van der Waals surface area contributed by atoms with E-state index in [1.54, 1.807) is 6.92 Å². The minimum atomic E-state index is -1.17. The molecule has 2 amide bonds. The second kappa shape index (κ2) is 6.61. The lowest BCUT2D eigenvalue weighted by Gasteiger charge is -2.16. The minimum absolute atomic E-state index is 0.0429. The third kappa shape index (κ3) is 4.02. The Labute approximate surface area is 114 Å². The van der Waals surface area contributed by atoms with Gasteiger partial charge in [-0.2, -0.15) is 5.26 Å². The molecule has 0 saturated carbocycles. The third-order valence-corrected chi connectivity index (χ3v) is 2.64. The van der Waals surface area contributed by atoms with E-state index in [1.807, 2.05) is 6.07 Å². The number of carbonyl (C=O) groups is 2. The maximum Gasteiger partial charge on any atom is 0.252 e. The highest BCUT2D eigenvalue weighted by atomic mass is 19.2. The predicted octanol–water partition coefficient (Wildman–Crippen LogP) is 1.10. The van der Waals surface area contributed by atoms with Gasteiger partial charge in [-0.1, -0.05) is 0 Å². The van der Waals surface area contributed by atoms with Crippen LogP contribution >= 0.6 is 0 Å². The lowest BCUT2D eigenvalue weighted by molar-refractivity contribution is -0.120. The second-order valence-electron chi connectivity index (χ2n) is 4.32. The normalized spacial score (nSPS) is 13.1. The molecule has 0 radical (unpaired) electrons. The molecule has 0 unspecified atom stereocenters. The number of hydrogen-bond donors (Lipinski definition) is 2. The van der Waals surface area contributed by atoms with Crippen molar-refractivity contribution in [3.8, 4) is 6.07 Å². The van der Waals surface area contributed by atoms with Crippen molar-refractivity contribution in [3.63, 3.8) is 0 Å². The van der Waals surface area contributed by atoms with E-state index in [-0.39, 0.29) is 12.0 Å². The number of hydrogen-bond acceptors (Lipinski definition) is 3. The molecule has 0 spiro atoms. The maximum atomic E-state index is 13.0. The highest BCUT2D eigenvalue weighted by molar-refractivity contribution is 5.97. The first-order valence-electron chi connectivity index (χ1n) is 5.80. The highest BCUT2D eigenvalue weighted by Crippen LogP contribution is 2.10. The number of nitrogens with zero attached hydrogens (tertiary/aromatic N) is 1. The Bertz CT molecular complexity index is 569. The molecular formula is C13H13F2N3O2. The molecule has 0 saturated heterocycles. The minimum Gasteiger partial charge on any atom is -0.368 e. The Balaban J connectivity index is 2.83. The number of carbonyl (C=O) groups excluding carboxylic acids is 2. The van der Waals surface area contributed by atoms with E-state index in [0.29, 0.717) is 0 Å². The van der Waals surface area contributed by atoms with Gasteiger partial charge in [0, 0.05) is 11.5 Å². The molecule has 0 aliphatic rings. The van der Waals surface area contributed by atoms with Gasteiger partial charge in [-0.25, -0.2) is 8.78 Å². The summed E-state index contributed by atoms with van der Waals surface area (Å²) >= 11 is 0. The first-order valence-corrected chi connectivity index (χ1v) is 5.80. The fourth-order valence-electron chi connectivity index (χ4n) is 1.53. The van der Waals surface area contributed by atoms with E-state index in [9.17, 15) is 18.4 Å². The van der Waals surface area contributed by atoms with Crippen molar-refractivity contribution in [1.29, 1.82) is 5.26 Å². The van der Waals surface area contributed by atoms with Crippen molar-refractivity contribution >= 4 is 11.8 Å². The van der Waals surface area contributed by atoms with Gasteiger partial charge in [0.2, 0.25) is 5.91 Å². The Kier molecular flexibility index (Phi) is 5.15. The van der Waals surface area contributed by atoms with Crippen LogP contribution in [0.15, 0.2) is 18.2 Å². The lowest BCUT2D eigenvalue weighted by Crippen LogP contribution is -2.45. The summed E-state index contributed by atoms with van der Waals surface area (Å²) in [7, 11) is 0. The molecule has 0 aliphatic carbocycles. The van der Waals surface area contributed by atoms with Crippen molar-refractivity contribution in [1.82, 2.24) is 5.32 Å². The van der Waals surface area contributed by atoms with Gasteiger partial charge in [0.15, 0.2) is 11.6 Å². The van der Waals surface area contributed by atoms with Gasteiger partial charge in [0.1, 0.15) is 6.04 Å². The van der Waals surface area contributed by atoms with Crippen molar-refractivity contribution in [2.24, 2.45) is 11.7 Å². The molecule has 3 N–H and O–H groups in total. The summed E-state index contributed by atoms with van der Waals surface area (Å²) in [5.74, 6) is -4.30. The molecule has 0 heterocycles. The SMILES string of the molecule is C[C@H](C#N)C[C@H](NC(=O)c1ccc(F)c(F)c1)C(N)=O. The Morgan fingerprint density at radius 3 is 2.55 bits per heavy atom. The number of nitrogens with two attached hydrogens (primary N) is 1. The fraction of sp³-hybridized carbons (Fsp3) is 0.308. The zero-order valence-electron chi connectivity index (χ0n) is 10.7. The van der Waals surface area contributed by atoms with Crippen LogP contribution < -0.4 is 11.1 Å². The molecule has 0 aliphatic heterocycles. The first-order chi connectivity index (χ1) is 9.35. The van der Waals surface area contributed by atoms with Crippen LogP contribution in [0.3, 0.4) is 0 Å².